The fourth-order valence-electron chi connectivity index (χ4n) is 3.33. The van der Waals surface area contributed by atoms with Crippen molar-refractivity contribution in [3.05, 3.63) is 64.0 Å². The van der Waals surface area contributed by atoms with E-state index >= 15 is 0 Å². The zero-order valence-corrected chi connectivity index (χ0v) is 18.0. The maximum atomic E-state index is 12.7. The van der Waals surface area contributed by atoms with Crippen LogP contribution in [0.25, 0.3) is 11.5 Å². The van der Waals surface area contributed by atoms with E-state index in [1.807, 2.05) is 17.0 Å². The molecular formula is C21H21ClN4O3S. The lowest BCUT2D eigenvalue weighted by Gasteiger charge is -2.34. The van der Waals surface area contributed by atoms with Crippen molar-refractivity contribution in [1.82, 2.24) is 19.6 Å². The molecule has 2 heterocycles. The van der Waals surface area contributed by atoms with Gasteiger partial charge in [0.25, 0.3) is 10.7 Å². The minimum absolute atomic E-state index is 0.0265. The predicted octanol–water partition coefficient (Wildman–Crippen LogP) is 3.95. The van der Waals surface area contributed by atoms with E-state index in [2.05, 4.69) is 10.00 Å². The quantitative estimate of drug-likeness (QED) is 0.555. The van der Waals surface area contributed by atoms with Crippen molar-refractivity contribution in [3.8, 4) is 17.2 Å². The van der Waals surface area contributed by atoms with Gasteiger partial charge in [0.05, 0.1) is 13.8 Å². The number of methoxy groups -OCH3 is 1. The highest BCUT2D eigenvalue weighted by Gasteiger charge is 2.23. The van der Waals surface area contributed by atoms with E-state index in [1.165, 1.54) is 0 Å². The number of nitrogens with zero attached hydrogens (tertiary/aromatic N) is 4. The predicted molar refractivity (Wildman–Crippen MR) is 116 cm³/mol. The number of aromatic nitrogens is 2. The maximum Gasteiger partial charge on any atom is 0.288 e. The molecule has 156 valence electrons. The summed E-state index contributed by atoms with van der Waals surface area (Å²) in [6.45, 7) is 3.23. The van der Waals surface area contributed by atoms with Crippen LogP contribution in [0.5, 0.6) is 5.75 Å². The summed E-state index contributed by atoms with van der Waals surface area (Å²) >= 11 is 11.4. The number of halogens is 1. The lowest BCUT2D eigenvalue weighted by atomic mass is 10.1. The molecule has 9 heteroatoms. The van der Waals surface area contributed by atoms with Crippen LogP contribution in [-0.4, -0.2) is 58.8 Å². The summed E-state index contributed by atoms with van der Waals surface area (Å²) in [5.41, 5.74) is 1.44. The SMILES string of the molecule is COc1ccc(C(=O)N2CCN(Cn3nc(-c4cccc(Cl)c4)oc3=S)CC2)cc1. The molecule has 0 spiro atoms. The number of amides is 1. The molecular weight excluding hydrogens is 424 g/mol. The van der Waals surface area contributed by atoms with Crippen molar-refractivity contribution in [1.29, 1.82) is 0 Å². The van der Waals surface area contributed by atoms with E-state index in [4.69, 9.17) is 33.0 Å². The van der Waals surface area contributed by atoms with Crippen LogP contribution in [0.3, 0.4) is 0 Å². The van der Waals surface area contributed by atoms with Crippen LogP contribution in [0.15, 0.2) is 52.9 Å². The second-order valence-electron chi connectivity index (χ2n) is 6.96. The van der Waals surface area contributed by atoms with Gasteiger partial charge < -0.3 is 14.1 Å². The number of rotatable bonds is 5. The van der Waals surface area contributed by atoms with Crippen molar-refractivity contribution in [2.75, 3.05) is 33.3 Å². The Morgan fingerprint density at radius 2 is 1.90 bits per heavy atom. The summed E-state index contributed by atoms with van der Waals surface area (Å²) in [6, 6.07) is 14.5. The van der Waals surface area contributed by atoms with Crippen LogP contribution in [0.2, 0.25) is 5.02 Å². The molecule has 0 saturated carbocycles. The van der Waals surface area contributed by atoms with Crippen LogP contribution in [0.4, 0.5) is 0 Å². The molecule has 1 saturated heterocycles. The fourth-order valence-corrected chi connectivity index (χ4v) is 3.70. The minimum Gasteiger partial charge on any atom is -0.497 e. The Morgan fingerprint density at radius 3 is 2.57 bits per heavy atom. The highest BCUT2D eigenvalue weighted by Crippen LogP contribution is 2.22. The van der Waals surface area contributed by atoms with Crippen LogP contribution in [0.1, 0.15) is 10.4 Å². The van der Waals surface area contributed by atoms with Crippen LogP contribution in [-0.2, 0) is 6.67 Å². The average Bonchev–Trinajstić information content (AvgIpc) is 3.14. The molecule has 1 aliphatic heterocycles. The fraction of sp³-hybridized carbons (Fsp3) is 0.286. The van der Waals surface area contributed by atoms with Crippen LogP contribution in [0, 0.1) is 4.84 Å². The third kappa shape index (κ3) is 4.56. The van der Waals surface area contributed by atoms with E-state index in [0.717, 1.165) is 24.4 Å². The molecule has 1 fully saturated rings. The van der Waals surface area contributed by atoms with Gasteiger partial charge in [0.2, 0.25) is 5.89 Å². The first-order chi connectivity index (χ1) is 14.5. The van der Waals surface area contributed by atoms with Gasteiger partial charge in [-0.05, 0) is 54.7 Å². The molecule has 3 aromatic rings. The summed E-state index contributed by atoms with van der Waals surface area (Å²) in [5, 5.41) is 5.10. The third-order valence-electron chi connectivity index (χ3n) is 5.01. The number of hydrogen-bond donors (Lipinski definition) is 0. The van der Waals surface area contributed by atoms with Gasteiger partial charge in [-0.1, -0.05) is 17.7 Å². The summed E-state index contributed by atoms with van der Waals surface area (Å²) in [5.74, 6) is 1.20. The molecule has 0 radical (unpaired) electrons. The maximum absolute atomic E-state index is 12.7. The van der Waals surface area contributed by atoms with Crippen molar-refractivity contribution in [2.45, 2.75) is 6.67 Å². The molecule has 30 heavy (non-hydrogen) atoms. The first kappa shape index (κ1) is 20.6. The number of carbonyl (C=O) groups is 1. The summed E-state index contributed by atoms with van der Waals surface area (Å²) in [6.07, 6.45) is 0. The molecule has 1 amide bonds. The molecule has 0 bridgehead atoms. The highest BCUT2D eigenvalue weighted by atomic mass is 35.5. The Morgan fingerprint density at radius 1 is 1.17 bits per heavy atom. The lowest BCUT2D eigenvalue weighted by molar-refractivity contribution is 0.0583. The van der Waals surface area contributed by atoms with Crippen molar-refractivity contribution >= 4 is 29.7 Å². The van der Waals surface area contributed by atoms with Gasteiger partial charge in [-0.15, -0.1) is 5.10 Å². The monoisotopic (exact) mass is 444 g/mol. The molecule has 0 atom stereocenters. The van der Waals surface area contributed by atoms with Gasteiger partial charge in [0, 0.05) is 42.3 Å². The first-order valence-electron chi connectivity index (χ1n) is 9.53. The normalized spacial score (nSPS) is 14.7. The third-order valence-corrected chi connectivity index (χ3v) is 5.54. The van der Waals surface area contributed by atoms with E-state index in [0.29, 0.717) is 41.1 Å². The molecule has 2 aromatic carbocycles. The standard InChI is InChI=1S/C21H21ClN4O3S/c1-28-18-7-5-15(6-8-18)20(27)25-11-9-24(10-12-25)14-26-21(30)29-19(23-26)16-3-2-4-17(22)13-16/h2-8,13H,9-12,14H2,1H3. The van der Waals surface area contributed by atoms with Gasteiger partial charge >= 0.3 is 0 Å². The molecule has 0 N–H and O–H groups in total. The van der Waals surface area contributed by atoms with Gasteiger partial charge in [0.15, 0.2) is 0 Å². The molecule has 7 nitrogen and oxygen atoms in total. The topological polar surface area (TPSA) is 63.7 Å². The Balaban J connectivity index is 1.37. The first-order valence-corrected chi connectivity index (χ1v) is 10.3. The van der Waals surface area contributed by atoms with Crippen molar-refractivity contribution < 1.29 is 13.9 Å². The minimum atomic E-state index is 0.0265. The van der Waals surface area contributed by atoms with Gasteiger partial charge in [-0.25, -0.2) is 4.68 Å². The Labute approximate surface area is 184 Å². The van der Waals surface area contributed by atoms with Crippen molar-refractivity contribution in [2.24, 2.45) is 0 Å². The summed E-state index contributed by atoms with van der Waals surface area (Å²) in [7, 11) is 1.61. The average molecular weight is 445 g/mol. The second-order valence-corrected chi connectivity index (χ2v) is 7.75. The van der Waals surface area contributed by atoms with Gasteiger partial charge in [-0.3, -0.25) is 9.69 Å². The number of hydrogen-bond acceptors (Lipinski definition) is 6. The van der Waals surface area contributed by atoms with Gasteiger partial charge in [0.1, 0.15) is 5.75 Å². The Kier molecular flexibility index (Phi) is 6.17. The smallest absolute Gasteiger partial charge is 0.288 e. The van der Waals surface area contributed by atoms with E-state index in [-0.39, 0.29) is 5.91 Å². The van der Waals surface area contributed by atoms with Crippen molar-refractivity contribution in [3.63, 3.8) is 0 Å². The Hall–Kier alpha value is -2.68. The number of piperazine rings is 1. The Bertz CT molecular complexity index is 1090. The lowest BCUT2D eigenvalue weighted by Crippen LogP contribution is -2.49. The van der Waals surface area contributed by atoms with E-state index in [1.54, 1.807) is 48.2 Å². The largest absolute Gasteiger partial charge is 0.497 e. The summed E-state index contributed by atoms with van der Waals surface area (Å²) < 4.78 is 12.4. The van der Waals surface area contributed by atoms with E-state index in [9.17, 15) is 4.79 Å². The molecule has 0 aliphatic carbocycles. The highest BCUT2D eigenvalue weighted by molar-refractivity contribution is 7.71. The molecule has 4 rings (SSSR count). The second kappa shape index (κ2) is 8.99. The molecule has 1 aromatic heterocycles. The molecule has 0 unspecified atom stereocenters. The van der Waals surface area contributed by atoms with Crippen LogP contribution >= 0.6 is 23.8 Å². The number of carbonyl (C=O) groups excluding carboxylic acids is 1. The van der Waals surface area contributed by atoms with E-state index < -0.39 is 0 Å². The number of benzene rings is 2. The summed E-state index contributed by atoms with van der Waals surface area (Å²) in [4.78, 5) is 17.1. The van der Waals surface area contributed by atoms with Gasteiger partial charge in [-0.2, -0.15) is 0 Å². The number of ether oxygens (including phenoxy) is 1. The zero-order valence-electron chi connectivity index (χ0n) is 16.5. The molecule has 1 aliphatic rings. The van der Waals surface area contributed by atoms with Crippen LogP contribution < -0.4 is 4.74 Å². The zero-order chi connectivity index (χ0) is 21.1.